The van der Waals surface area contributed by atoms with Gasteiger partial charge in [-0.3, -0.25) is 4.99 Å². The molecule has 2 aliphatic rings. The molecule has 0 saturated carbocycles. The number of nitrogens with one attached hydrogen (secondary N) is 1. The Kier molecular flexibility index (Phi) is 5.22. The average molecular weight is 365 g/mol. The molecule has 1 amide bonds. The van der Waals surface area contributed by atoms with Gasteiger partial charge in [-0.1, -0.05) is 13.0 Å². The molecule has 3 heterocycles. The normalized spacial score (nSPS) is 21.6. The van der Waals surface area contributed by atoms with E-state index in [4.69, 9.17) is 4.74 Å². The minimum Gasteiger partial charge on any atom is -0.444 e. The van der Waals surface area contributed by atoms with Crippen LogP contribution in [0.15, 0.2) is 22.5 Å². The number of carbonyl (C=O) groups is 1. The Balaban J connectivity index is 1.50. The summed E-state index contributed by atoms with van der Waals surface area (Å²) in [5.41, 5.74) is -0.453. The maximum atomic E-state index is 12.3. The molecule has 6 nitrogen and oxygen atoms in total. The summed E-state index contributed by atoms with van der Waals surface area (Å²) in [4.78, 5) is 22.4. The number of rotatable bonds is 3. The van der Waals surface area contributed by atoms with Crippen molar-refractivity contribution >= 4 is 23.4 Å². The summed E-state index contributed by atoms with van der Waals surface area (Å²) >= 11 is 1.79. The quantitative estimate of drug-likeness (QED) is 0.896. The molecule has 7 heteroatoms. The lowest BCUT2D eigenvalue weighted by Crippen LogP contribution is -2.57. The molecule has 25 heavy (non-hydrogen) atoms. The lowest BCUT2D eigenvalue weighted by Gasteiger charge is -2.39. The fourth-order valence-electron chi connectivity index (χ4n) is 3.14. The molecule has 1 aromatic heterocycles. The van der Waals surface area contributed by atoms with Gasteiger partial charge in [-0.05, 0) is 32.2 Å². The minimum atomic E-state index is -0.453. The number of piperazine rings is 1. The number of aliphatic imine (C=N–C) groups is 1. The fourth-order valence-corrected chi connectivity index (χ4v) is 3.93. The first-order chi connectivity index (χ1) is 11.8. The number of guanidine groups is 1. The van der Waals surface area contributed by atoms with Crippen LogP contribution >= 0.6 is 11.3 Å². The highest BCUT2D eigenvalue weighted by atomic mass is 32.1. The van der Waals surface area contributed by atoms with Crippen LogP contribution in [0.25, 0.3) is 0 Å². The van der Waals surface area contributed by atoms with Crippen molar-refractivity contribution < 1.29 is 9.53 Å². The molecular formula is C18H28N4O2S. The highest BCUT2D eigenvalue weighted by molar-refractivity contribution is 7.10. The molecule has 0 spiro atoms. The maximum Gasteiger partial charge on any atom is 0.410 e. The van der Waals surface area contributed by atoms with Gasteiger partial charge < -0.3 is 19.9 Å². The summed E-state index contributed by atoms with van der Waals surface area (Å²) in [6.45, 7) is 11.7. The second-order valence-corrected chi connectivity index (χ2v) is 8.71. The average Bonchev–Trinajstić information content (AvgIpc) is 3.20. The zero-order valence-corrected chi connectivity index (χ0v) is 16.3. The minimum absolute atomic E-state index is 0.222. The first kappa shape index (κ1) is 18.0. The summed E-state index contributed by atoms with van der Waals surface area (Å²) in [5, 5.41) is 5.61. The van der Waals surface area contributed by atoms with Crippen LogP contribution in [0.1, 0.15) is 38.5 Å². The van der Waals surface area contributed by atoms with Crippen molar-refractivity contribution in [1.82, 2.24) is 15.1 Å². The first-order valence-electron chi connectivity index (χ1n) is 8.90. The van der Waals surface area contributed by atoms with Crippen LogP contribution in [-0.2, 0) is 4.74 Å². The number of fused-ring (bicyclic) bond motifs is 1. The van der Waals surface area contributed by atoms with E-state index < -0.39 is 5.60 Å². The van der Waals surface area contributed by atoms with E-state index in [0.29, 0.717) is 19.0 Å². The summed E-state index contributed by atoms with van der Waals surface area (Å²) in [5.74, 6) is 1.43. The largest absolute Gasteiger partial charge is 0.444 e. The Morgan fingerprint density at radius 1 is 1.48 bits per heavy atom. The summed E-state index contributed by atoms with van der Waals surface area (Å²) in [7, 11) is 0. The number of ether oxygens (including phenoxy) is 1. The molecule has 138 valence electrons. The smallest absolute Gasteiger partial charge is 0.410 e. The SMILES string of the molecule is CC(CNC1=NCC2CN(C(=O)OC(C)(C)C)CCN12)c1cccs1. The third-order valence-corrected chi connectivity index (χ3v) is 5.56. The maximum absolute atomic E-state index is 12.3. The van der Waals surface area contributed by atoms with Gasteiger partial charge in [0.15, 0.2) is 5.96 Å². The lowest BCUT2D eigenvalue weighted by atomic mass is 10.1. The molecule has 1 N–H and O–H groups in total. The number of thiophene rings is 1. The van der Waals surface area contributed by atoms with Crippen molar-refractivity contribution in [3.05, 3.63) is 22.4 Å². The zero-order chi connectivity index (χ0) is 18.0. The summed E-state index contributed by atoms with van der Waals surface area (Å²) in [6, 6.07) is 4.52. The number of hydrogen-bond donors (Lipinski definition) is 1. The van der Waals surface area contributed by atoms with E-state index in [2.05, 4.69) is 39.6 Å². The van der Waals surface area contributed by atoms with Crippen molar-refractivity contribution in [1.29, 1.82) is 0 Å². The van der Waals surface area contributed by atoms with Gasteiger partial charge in [0, 0.05) is 37.0 Å². The zero-order valence-electron chi connectivity index (χ0n) is 15.5. The van der Waals surface area contributed by atoms with Crippen LogP contribution < -0.4 is 5.32 Å². The van der Waals surface area contributed by atoms with Gasteiger partial charge >= 0.3 is 6.09 Å². The molecule has 0 aliphatic carbocycles. The van der Waals surface area contributed by atoms with Crippen LogP contribution in [0, 0.1) is 0 Å². The Bertz CT molecular complexity index is 624. The van der Waals surface area contributed by atoms with Crippen molar-refractivity contribution in [2.75, 3.05) is 32.7 Å². The van der Waals surface area contributed by atoms with E-state index in [9.17, 15) is 4.79 Å². The third kappa shape index (κ3) is 4.45. The molecule has 1 fully saturated rings. The second kappa shape index (κ2) is 7.23. The standard InChI is InChI=1S/C18H28N4O2S/c1-13(15-6-5-9-25-15)10-19-16-20-11-14-12-21(7-8-22(14)16)17(23)24-18(2,3)4/h5-6,9,13-14H,7-8,10-12H2,1-4H3,(H,19,20). The predicted molar refractivity (Wildman–Crippen MR) is 101 cm³/mol. The molecular weight excluding hydrogens is 336 g/mol. The molecule has 2 unspecified atom stereocenters. The Labute approximate surface area is 153 Å². The van der Waals surface area contributed by atoms with Crippen LogP contribution in [-0.4, -0.2) is 66.2 Å². The van der Waals surface area contributed by atoms with Crippen LogP contribution in [0.5, 0.6) is 0 Å². The van der Waals surface area contributed by atoms with E-state index in [1.807, 2.05) is 20.8 Å². The van der Waals surface area contributed by atoms with E-state index in [1.165, 1.54) is 4.88 Å². The van der Waals surface area contributed by atoms with Crippen LogP contribution in [0.2, 0.25) is 0 Å². The van der Waals surface area contributed by atoms with Gasteiger partial charge in [0.05, 0.1) is 12.6 Å². The van der Waals surface area contributed by atoms with E-state index in [1.54, 1.807) is 16.2 Å². The van der Waals surface area contributed by atoms with Gasteiger partial charge in [-0.15, -0.1) is 11.3 Å². The third-order valence-electron chi connectivity index (χ3n) is 4.45. The van der Waals surface area contributed by atoms with E-state index in [-0.39, 0.29) is 12.1 Å². The van der Waals surface area contributed by atoms with Gasteiger partial charge in [0.25, 0.3) is 0 Å². The van der Waals surface area contributed by atoms with E-state index >= 15 is 0 Å². The van der Waals surface area contributed by atoms with E-state index in [0.717, 1.165) is 25.6 Å². The molecule has 0 radical (unpaired) electrons. The number of carbonyl (C=O) groups excluding carboxylic acids is 1. The molecule has 1 aromatic rings. The van der Waals surface area contributed by atoms with Gasteiger partial charge in [-0.2, -0.15) is 0 Å². The Morgan fingerprint density at radius 2 is 2.28 bits per heavy atom. The van der Waals surface area contributed by atoms with Crippen molar-refractivity contribution in [3.63, 3.8) is 0 Å². The number of nitrogens with zero attached hydrogens (tertiary/aromatic N) is 3. The Morgan fingerprint density at radius 3 is 2.96 bits per heavy atom. The monoisotopic (exact) mass is 364 g/mol. The second-order valence-electron chi connectivity index (χ2n) is 7.74. The van der Waals surface area contributed by atoms with Crippen molar-refractivity contribution in [3.8, 4) is 0 Å². The van der Waals surface area contributed by atoms with Crippen LogP contribution in [0.4, 0.5) is 4.79 Å². The predicted octanol–water partition coefficient (Wildman–Crippen LogP) is 2.73. The topological polar surface area (TPSA) is 57.2 Å². The molecule has 1 saturated heterocycles. The van der Waals surface area contributed by atoms with Crippen LogP contribution in [0.3, 0.4) is 0 Å². The van der Waals surface area contributed by atoms with Gasteiger partial charge in [0.1, 0.15) is 5.60 Å². The highest BCUT2D eigenvalue weighted by Crippen LogP contribution is 2.21. The Hall–Kier alpha value is -1.76. The number of hydrogen-bond acceptors (Lipinski definition) is 6. The molecule has 0 aromatic carbocycles. The summed E-state index contributed by atoms with van der Waals surface area (Å²) in [6.07, 6.45) is -0.222. The van der Waals surface area contributed by atoms with Crippen molar-refractivity contribution in [2.45, 2.75) is 45.3 Å². The molecule has 2 atom stereocenters. The highest BCUT2D eigenvalue weighted by Gasteiger charge is 2.36. The molecule has 0 bridgehead atoms. The van der Waals surface area contributed by atoms with Crippen molar-refractivity contribution in [2.24, 2.45) is 4.99 Å². The summed E-state index contributed by atoms with van der Waals surface area (Å²) < 4.78 is 5.49. The molecule has 3 rings (SSSR count). The molecule has 2 aliphatic heterocycles. The lowest BCUT2D eigenvalue weighted by molar-refractivity contribution is 0.0137. The van der Waals surface area contributed by atoms with Gasteiger partial charge in [0.2, 0.25) is 0 Å². The number of amides is 1. The first-order valence-corrected chi connectivity index (χ1v) is 9.78. The van der Waals surface area contributed by atoms with Gasteiger partial charge in [-0.25, -0.2) is 4.79 Å². The fraction of sp³-hybridized carbons (Fsp3) is 0.667.